The van der Waals surface area contributed by atoms with Crippen LogP contribution in [0.3, 0.4) is 0 Å². The smallest absolute Gasteiger partial charge is 0.261 e. The second-order valence-electron chi connectivity index (χ2n) is 7.17. The highest BCUT2D eigenvalue weighted by Crippen LogP contribution is 2.26. The van der Waals surface area contributed by atoms with Crippen LogP contribution in [0.25, 0.3) is 0 Å². The quantitative estimate of drug-likeness (QED) is 0.768. The summed E-state index contributed by atoms with van der Waals surface area (Å²) in [6, 6.07) is 10.5. The summed E-state index contributed by atoms with van der Waals surface area (Å²) in [7, 11) is 0. The first-order valence-electron chi connectivity index (χ1n) is 9.56. The third kappa shape index (κ3) is 3.55. The van der Waals surface area contributed by atoms with Crippen LogP contribution in [0.5, 0.6) is 0 Å². The van der Waals surface area contributed by atoms with Crippen molar-refractivity contribution in [2.75, 3.05) is 13.2 Å². The van der Waals surface area contributed by atoms with E-state index < -0.39 is 29.6 Å². The standard InChI is InChI=1S/C22H18FN3O4/c23-18-6-2-1-5-16(18)19(11-24)25-20(27)13-7-8-15-17(10-13)22(29)26(21(15)28)12-14-4-3-9-30-14/h1-2,5-8,10,14,19H,3-4,9,12H2,(H,25,27). The van der Waals surface area contributed by atoms with Crippen LogP contribution in [0.2, 0.25) is 0 Å². The summed E-state index contributed by atoms with van der Waals surface area (Å²) in [4.78, 5) is 39.1. The fourth-order valence-electron chi connectivity index (χ4n) is 3.69. The lowest BCUT2D eigenvalue weighted by atomic mass is 10.0. The molecule has 0 aliphatic carbocycles. The van der Waals surface area contributed by atoms with Gasteiger partial charge in [0, 0.05) is 17.7 Å². The Kier molecular flexibility index (Phi) is 5.29. The van der Waals surface area contributed by atoms with Crippen molar-refractivity contribution in [3.63, 3.8) is 0 Å². The SMILES string of the molecule is N#CC(NC(=O)c1ccc2c(c1)C(=O)N(CC1CCCO1)C2=O)c1ccccc1F. The van der Waals surface area contributed by atoms with Crippen LogP contribution >= 0.6 is 0 Å². The largest absolute Gasteiger partial charge is 0.376 e. The number of ether oxygens (including phenoxy) is 1. The van der Waals surface area contributed by atoms with E-state index in [1.807, 2.05) is 6.07 Å². The lowest BCUT2D eigenvalue weighted by Crippen LogP contribution is -2.36. The summed E-state index contributed by atoms with van der Waals surface area (Å²) >= 11 is 0. The number of benzene rings is 2. The first kappa shape index (κ1) is 19.7. The zero-order valence-corrected chi connectivity index (χ0v) is 15.9. The molecule has 2 aliphatic heterocycles. The molecule has 1 fully saturated rings. The molecule has 0 radical (unpaired) electrons. The summed E-state index contributed by atoms with van der Waals surface area (Å²) < 4.78 is 19.5. The Morgan fingerprint density at radius 2 is 2.00 bits per heavy atom. The Hall–Kier alpha value is -3.57. The molecule has 4 rings (SSSR count). The highest BCUT2D eigenvalue weighted by Gasteiger charge is 2.38. The van der Waals surface area contributed by atoms with Crippen molar-refractivity contribution < 1.29 is 23.5 Å². The summed E-state index contributed by atoms with van der Waals surface area (Å²) in [5.41, 5.74) is 0.500. The van der Waals surface area contributed by atoms with Gasteiger partial charge in [0.1, 0.15) is 11.9 Å². The van der Waals surface area contributed by atoms with E-state index in [0.29, 0.717) is 6.61 Å². The molecule has 0 saturated carbocycles. The average Bonchev–Trinajstić information content (AvgIpc) is 3.35. The first-order valence-corrected chi connectivity index (χ1v) is 9.56. The Labute approximate surface area is 172 Å². The van der Waals surface area contributed by atoms with Gasteiger partial charge >= 0.3 is 0 Å². The van der Waals surface area contributed by atoms with Crippen molar-refractivity contribution in [2.45, 2.75) is 25.0 Å². The molecule has 2 unspecified atom stereocenters. The van der Waals surface area contributed by atoms with Crippen molar-refractivity contribution in [2.24, 2.45) is 0 Å². The molecule has 1 N–H and O–H groups in total. The van der Waals surface area contributed by atoms with Crippen molar-refractivity contribution in [3.8, 4) is 6.07 Å². The molecule has 152 valence electrons. The van der Waals surface area contributed by atoms with Gasteiger partial charge < -0.3 is 10.1 Å². The zero-order valence-electron chi connectivity index (χ0n) is 15.9. The van der Waals surface area contributed by atoms with Crippen LogP contribution in [0.4, 0.5) is 4.39 Å². The van der Waals surface area contributed by atoms with Gasteiger partial charge in [0.15, 0.2) is 0 Å². The molecule has 0 spiro atoms. The van der Waals surface area contributed by atoms with E-state index >= 15 is 0 Å². The van der Waals surface area contributed by atoms with E-state index in [4.69, 9.17) is 4.74 Å². The second-order valence-corrected chi connectivity index (χ2v) is 7.17. The van der Waals surface area contributed by atoms with Crippen molar-refractivity contribution in [1.82, 2.24) is 10.2 Å². The van der Waals surface area contributed by atoms with E-state index in [0.717, 1.165) is 17.7 Å². The summed E-state index contributed by atoms with van der Waals surface area (Å²) in [5.74, 6) is -2.15. The molecule has 30 heavy (non-hydrogen) atoms. The van der Waals surface area contributed by atoms with Crippen LogP contribution in [0, 0.1) is 17.1 Å². The zero-order chi connectivity index (χ0) is 21.3. The predicted molar refractivity (Wildman–Crippen MR) is 103 cm³/mol. The molecule has 2 heterocycles. The molecule has 2 atom stereocenters. The first-order chi connectivity index (χ1) is 14.5. The maximum atomic E-state index is 14.0. The van der Waals surface area contributed by atoms with Gasteiger partial charge in [-0.2, -0.15) is 5.26 Å². The van der Waals surface area contributed by atoms with E-state index in [1.54, 1.807) is 6.07 Å². The fourth-order valence-corrected chi connectivity index (χ4v) is 3.69. The molecule has 7 nitrogen and oxygen atoms in total. The van der Waals surface area contributed by atoms with Crippen molar-refractivity contribution in [3.05, 3.63) is 70.5 Å². The van der Waals surface area contributed by atoms with Crippen LogP contribution in [0.15, 0.2) is 42.5 Å². The lowest BCUT2D eigenvalue weighted by Gasteiger charge is -2.17. The van der Waals surface area contributed by atoms with Gasteiger partial charge in [0.05, 0.1) is 29.8 Å². The minimum absolute atomic E-state index is 0.0449. The molecule has 0 aromatic heterocycles. The third-order valence-electron chi connectivity index (χ3n) is 5.26. The summed E-state index contributed by atoms with van der Waals surface area (Å²) in [6.45, 7) is 0.790. The third-order valence-corrected chi connectivity index (χ3v) is 5.26. The minimum atomic E-state index is -1.19. The molecule has 1 saturated heterocycles. The number of nitrogens with one attached hydrogen (secondary N) is 1. The molecule has 2 aromatic carbocycles. The van der Waals surface area contributed by atoms with Crippen LogP contribution in [-0.4, -0.2) is 41.9 Å². The number of carbonyl (C=O) groups is 3. The molecule has 8 heteroatoms. The van der Waals surface area contributed by atoms with Gasteiger partial charge in [-0.15, -0.1) is 0 Å². The number of hydrogen-bond acceptors (Lipinski definition) is 5. The Morgan fingerprint density at radius 3 is 2.70 bits per heavy atom. The van der Waals surface area contributed by atoms with Gasteiger partial charge in [0.2, 0.25) is 0 Å². The predicted octanol–water partition coefficient (Wildman–Crippen LogP) is 2.60. The van der Waals surface area contributed by atoms with E-state index in [1.165, 1.54) is 36.4 Å². The van der Waals surface area contributed by atoms with Gasteiger partial charge in [0.25, 0.3) is 17.7 Å². The number of nitrogens with zero attached hydrogens (tertiary/aromatic N) is 2. The molecular weight excluding hydrogens is 389 g/mol. The monoisotopic (exact) mass is 407 g/mol. The highest BCUT2D eigenvalue weighted by molar-refractivity contribution is 6.22. The highest BCUT2D eigenvalue weighted by atomic mass is 19.1. The Balaban J connectivity index is 1.53. The van der Waals surface area contributed by atoms with E-state index in [-0.39, 0.29) is 34.9 Å². The second kappa shape index (κ2) is 8.05. The summed E-state index contributed by atoms with van der Waals surface area (Å²) in [5, 5.41) is 11.8. The van der Waals surface area contributed by atoms with E-state index in [9.17, 15) is 24.0 Å². The fraction of sp³-hybridized carbons (Fsp3) is 0.273. The molecular formula is C22H18FN3O4. The number of carbonyl (C=O) groups excluding carboxylic acids is 3. The summed E-state index contributed by atoms with van der Waals surface area (Å²) in [6.07, 6.45) is 1.50. The normalized spacial score (nSPS) is 18.8. The number of halogens is 1. The molecule has 0 bridgehead atoms. The topological polar surface area (TPSA) is 99.5 Å². The average molecular weight is 407 g/mol. The number of fused-ring (bicyclic) bond motifs is 1. The van der Waals surface area contributed by atoms with Crippen molar-refractivity contribution >= 4 is 17.7 Å². The van der Waals surface area contributed by atoms with Gasteiger partial charge in [-0.25, -0.2) is 4.39 Å². The molecule has 3 amide bonds. The van der Waals surface area contributed by atoms with Crippen LogP contribution in [-0.2, 0) is 4.74 Å². The number of rotatable bonds is 5. The lowest BCUT2D eigenvalue weighted by molar-refractivity contribution is 0.0475. The van der Waals surface area contributed by atoms with E-state index in [2.05, 4.69) is 5.32 Å². The van der Waals surface area contributed by atoms with Gasteiger partial charge in [-0.3, -0.25) is 19.3 Å². The maximum absolute atomic E-state index is 14.0. The van der Waals surface area contributed by atoms with Crippen LogP contribution < -0.4 is 5.32 Å². The minimum Gasteiger partial charge on any atom is -0.376 e. The number of amides is 3. The van der Waals surface area contributed by atoms with Gasteiger partial charge in [-0.05, 0) is 37.1 Å². The number of hydrogen-bond donors (Lipinski definition) is 1. The Morgan fingerprint density at radius 1 is 1.23 bits per heavy atom. The maximum Gasteiger partial charge on any atom is 0.261 e. The van der Waals surface area contributed by atoms with Crippen LogP contribution in [0.1, 0.15) is 55.5 Å². The molecule has 2 aromatic rings. The Bertz CT molecular complexity index is 1070. The van der Waals surface area contributed by atoms with Crippen molar-refractivity contribution in [1.29, 1.82) is 5.26 Å². The van der Waals surface area contributed by atoms with Gasteiger partial charge in [-0.1, -0.05) is 18.2 Å². The number of nitriles is 1. The number of imide groups is 1. The molecule has 2 aliphatic rings.